The maximum Gasteiger partial charge on any atom is 0.122 e. The predicted octanol–water partition coefficient (Wildman–Crippen LogP) is 3.24. The van der Waals surface area contributed by atoms with Gasteiger partial charge in [0.05, 0.1) is 31.6 Å². The predicted molar refractivity (Wildman–Crippen MR) is 102 cm³/mol. The molecule has 0 spiro atoms. The van der Waals surface area contributed by atoms with Gasteiger partial charge in [0.2, 0.25) is 0 Å². The average molecular weight is 379 g/mol. The molecule has 1 fully saturated rings. The largest absolute Gasteiger partial charge is 0.468 e. The minimum Gasteiger partial charge on any atom is -0.468 e. The summed E-state index contributed by atoms with van der Waals surface area (Å²) in [6.45, 7) is 4.09. The van der Waals surface area contributed by atoms with Crippen LogP contribution in [-0.4, -0.2) is 48.9 Å². The third kappa shape index (κ3) is 5.56. The molecule has 0 bridgehead atoms. The minimum atomic E-state index is -0.562. The molecule has 142 valence electrons. The highest BCUT2D eigenvalue weighted by Gasteiger charge is 2.25. The van der Waals surface area contributed by atoms with Gasteiger partial charge in [-0.2, -0.15) is 0 Å². The van der Waals surface area contributed by atoms with E-state index in [0.717, 1.165) is 31.0 Å². The van der Waals surface area contributed by atoms with Crippen LogP contribution in [0.2, 0.25) is 5.02 Å². The van der Waals surface area contributed by atoms with Crippen LogP contribution < -0.4 is 5.32 Å². The number of rotatable bonds is 10. The van der Waals surface area contributed by atoms with Gasteiger partial charge in [0.25, 0.3) is 0 Å². The molecule has 2 N–H and O–H groups in total. The van der Waals surface area contributed by atoms with E-state index in [1.165, 1.54) is 12.8 Å². The Hall–Kier alpha value is -1.37. The van der Waals surface area contributed by atoms with Crippen LogP contribution >= 0.6 is 11.6 Å². The lowest BCUT2D eigenvalue weighted by Crippen LogP contribution is -2.38. The number of ether oxygens (including phenoxy) is 1. The van der Waals surface area contributed by atoms with Gasteiger partial charge in [-0.15, -0.1) is 0 Å². The SMILES string of the molecule is OC(CNCC(c1ccco1)N1CCCC1)COCc1ccccc1Cl. The molecule has 0 saturated carbocycles. The van der Waals surface area contributed by atoms with E-state index in [1.54, 1.807) is 6.26 Å². The van der Waals surface area contributed by atoms with Crippen molar-refractivity contribution in [3.05, 3.63) is 59.0 Å². The Morgan fingerprint density at radius 2 is 1.96 bits per heavy atom. The summed E-state index contributed by atoms with van der Waals surface area (Å²) in [6.07, 6.45) is 3.62. The van der Waals surface area contributed by atoms with Crippen molar-refractivity contribution >= 4 is 11.6 Å². The summed E-state index contributed by atoms with van der Waals surface area (Å²) in [4.78, 5) is 2.44. The van der Waals surface area contributed by atoms with Gasteiger partial charge in [0, 0.05) is 18.1 Å². The molecule has 1 saturated heterocycles. The zero-order chi connectivity index (χ0) is 18.2. The third-order valence-corrected chi connectivity index (χ3v) is 5.07. The second-order valence-corrected chi connectivity index (χ2v) is 7.10. The summed E-state index contributed by atoms with van der Waals surface area (Å²) < 4.78 is 11.2. The lowest BCUT2D eigenvalue weighted by Gasteiger charge is -2.26. The molecule has 5 nitrogen and oxygen atoms in total. The van der Waals surface area contributed by atoms with Gasteiger partial charge in [-0.3, -0.25) is 4.90 Å². The van der Waals surface area contributed by atoms with Crippen LogP contribution in [0.5, 0.6) is 0 Å². The number of benzene rings is 1. The molecule has 0 aliphatic carbocycles. The normalized spacial score (nSPS) is 17.5. The number of halogens is 1. The van der Waals surface area contributed by atoms with E-state index in [9.17, 15) is 5.11 Å². The lowest BCUT2D eigenvalue weighted by atomic mass is 10.2. The average Bonchev–Trinajstić information content (AvgIpc) is 3.34. The van der Waals surface area contributed by atoms with Gasteiger partial charge in [0.15, 0.2) is 0 Å². The summed E-state index contributed by atoms with van der Waals surface area (Å²) in [5.41, 5.74) is 0.932. The van der Waals surface area contributed by atoms with Crippen molar-refractivity contribution in [3.63, 3.8) is 0 Å². The molecule has 26 heavy (non-hydrogen) atoms. The first-order valence-corrected chi connectivity index (χ1v) is 9.59. The molecule has 0 amide bonds. The third-order valence-electron chi connectivity index (χ3n) is 4.70. The molecule has 1 aliphatic heterocycles. The molecule has 2 atom stereocenters. The fourth-order valence-corrected chi connectivity index (χ4v) is 3.50. The minimum absolute atomic E-state index is 0.212. The highest BCUT2D eigenvalue weighted by molar-refractivity contribution is 6.31. The molecular formula is C20H27ClN2O3. The Kier molecular flexibility index (Phi) is 7.53. The van der Waals surface area contributed by atoms with Gasteiger partial charge < -0.3 is 19.6 Å². The first-order valence-electron chi connectivity index (χ1n) is 9.21. The van der Waals surface area contributed by atoms with Crippen molar-refractivity contribution in [3.8, 4) is 0 Å². The summed E-state index contributed by atoms with van der Waals surface area (Å²) in [5, 5.41) is 14.2. The second kappa shape index (κ2) is 10.1. The van der Waals surface area contributed by atoms with Crippen LogP contribution in [0.15, 0.2) is 47.1 Å². The number of furan rings is 1. The summed E-state index contributed by atoms with van der Waals surface area (Å²) in [7, 11) is 0. The zero-order valence-electron chi connectivity index (χ0n) is 14.9. The van der Waals surface area contributed by atoms with Gasteiger partial charge in [0.1, 0.15) is 5.76 Å². The van der Waals surface area contributed by atoms with E-state index in [1.807, 2.05) is 36.4 Å². The number of hydrogen-bond acceptors (Lipinski definition) is 5. The van der Waals surface area contributed by atoms with Crippen LogP contribution in [0, 0.1) is 0 Å². The van der Waals surface area contributed by atoms with Crippen LogP contribution in [-0.2, 0) is 11.3 Å². The maximum absolute atomic E-state index is 10.1. The molecule has 2 unspecified atom stereocenters. The van der Waals surface area contributed by atoms with Crippen LogP contribution in [0.3, 0.4) is 0 Å². The number of hydrogen-bond donors (Lipinski definition) is 2. The molecule has 1 aromatic heterocycles. The van der Waals surface area contributed by atoms with E-state index >= 15 is 0 Å². The summed E-state index contributed by atoms with van der Waals surface area (Å²) in [6, 6.07) is 11.7. The van der Waals surface area contributed by atoms with Crippen molar-refractivity contribution in [2.24, 2.45) is 0 Å². The Bertz CT molecular complexity index is 644. The molecule has 0 radical (unpaired) electrons. The molecule has 2 heterocycles. The van der Waals surface area contributed by atoms with Gasteiger partial charge in [-0.25, -0.2) is 0 Å². The van der Waals surface area contributed by atoms with Crippen LogP contribution in [0.25, 0.3) is 0 Å². The van der Waals surface area contributed by atoms with E-state index in [4.69, 9.17) is 20.8 Å². The fraction of sp³-hybridized carbons (Fsp3) is 0.500. The molecule has 3 rings (SSSR count). The van der Waals surface area contributed by atoms with Gasteiger partial charge in [-0.1, -0.05) is 29.8 Å². The van der Waals surface area contributed by atoms with Crippen molar-refractivity contribution in [1.29, 1.82) is 0 Å². The van der Waals surface area contributed by atoms with Crippen molar-refractivity contribution in [1.82, 2.24) is 10.2 Å². The van der Waals surface area contributed by atoms with Crippen LogP contribution in [0.1, 0.15) is 30.2 Å². The van der Waals surface area contributed by atoms with Crippen LogP contribution in [0.4, 0.5) is 0 Å². The Morgan fingerprint density at radius 1 is 1.15 bits per heavy atom. The molecular weight excluding hydrogens is 352 g/mol. The first kappa shape index (κ1) is 19.4. The highest BCUT2D eigenvalue weighted by atomic mass is 35.5. The number of aliphatic hydroxyl groups excluding tert-OH is 1. The lowest BCUT2D eigenvalue weighted by molar-refractivity contribution is 0.0279. The van der Waals surface area contributed by atoms with Crippen molar-refractivity contribution < 1.29 is 14.3 Å². The number of nitrogens with zero attached hydrogens (tertiary/aromatic N) is 1. The monoisotopic (exact) mass is 378 g/mol. The maximum atomic E-state index is 10.1. The number of nitrogens with one attached hydrogen (secondary N) is 1. The van der Waals surface area contributed by atoms with Crippen molar-refractivity contribution in [2.75, 3.05) is 32.8 Å². The van der Waals surface area contributed by atoms with Gasteiger partial charge in [-0.05, 0) is 49.7 Å². The fourth-order valence-electron chi connectivity index (χ4n) is 3.31. The molecule has 6 heteroatoms. The van der Waals surface area contributed by atoms with E-state index in [-0.39, 0.29) is 12.6 Å². The highest BCUT2D eigenvalue weighted by Crippen LogP contribution is 2.24. The smallest absolute Gasteiger partial charge is 0.122 e. The van der Waals surface area contributed by atoms with Crippen molar-refractivity contribution in [2.45, 2.75) is 31.6 Å². The number of likely N-dealkylation sites (tertiary alicyclic amines) is 1. The molecule has 1 aromatic carbocycles. The molecule has 2 aromatic rings. The first-order chi connectivity index (χ1) is 12.7. The summed E-state index contributed by atoms with van der Waals surface area (Å²) in [5.74, 6) is 0.976. The Labute approximate surface area is 159 Å². The van der Waals surface area contributed by atoms with E-state index < -0.39 is 6.10 Å². The standard InChI is InChI=1S/C20H27ClN2O3/c21-18-7-2-1-6-16(18)14-25-15-17(24)12-22-13-19(20-8-5-11-26-20)23-9-3-4-10-23/h1-2,5-8,11,17,19,22,24H,3-4,9-10,12-15H2. The van der Waals surface area contributed by atoms with Gasteiger partial charge >= 0.3 is 0 Å². The van der Waals surface area contributed by atoms with E-state index in [2.05, 4.69) is 10.2 Å². The second-order valence-electron chi connectivity index (χ2n) is 6.69. The Morgan fingerprint density at radius 3 is 2.69 bits per heavy atom. The van der Waals surface area contributed by atoms with E-state index in [0.29, 0.717) is 18.2 Å². The number of aliphatic hydroxyl groups is 1. The molecule has 1 aliphatic rings. The topological polar surface area (TPSA) is 57.9 Å². The summed E-state index contributed by atoms with van der Waals surface area (Å²) >= 11 is 6.10. The zero-order valence-corrected chi connectivity index (χ0v) is 15.7. The Balaban J connectivity index is 1.39. The quantitative estimate of drug-likeness (QED) is 0.664.